The molecule has 0 spiro atoms. The van der Waals surface area contributed by atoms with E-state index < -0.39 is 0 Å². The van der Waals surface area contributed by atoms with Gasteiger partial charge in [0.1, 0.15) is 0 Å². The lowest BCUT2D eigenvalue weighted by atomic mass is 10.1. The number of hydrogen-bond acceptors (Lipinski definition) is 5. The van der Waals surface area contributed by atoms with Crippen LogP contribution in [0.4, 0.5) is 11.4 Å². The first-order valence-electron chi connectivity index (χ1n) is 5.70. The van der Waals surface area contributed by atoms with Crippen molar-refractivity contribution < 1.29 is 10.0 Å². The fourth-order valence-corrected chi connectivity index (χ4v) is 2.39. The molecule has 0 fully saturated rings. The Bertz CT molecular complexity index is 406. The summed E-state index contributed by atoms with van der Waals surface area (Å²) in [6.45, 7) is 1.85. The van der Waals surface area contributed by atoms with Crippen LogP contribution in [-0.2, 0) is 0 Å². The van der Waals surface area contributed by atoms with Crippen LogP contribution in [0.15, 0.2) is 18.2 Å². The molecule has 1 atom stereocenters. The van der Waals surface area contributed by atoms with Crippen molar-refractivity contribution >= 4 is 23.1 Å². The van der Waals surface area contributed by atoms with Crippen LogP contribution < -0.4 is 5.32 Å². The molecule has 1 aromatic carbocycles. The molecule has 5 nitrogen and oxygen atoms in total. The zero-order chi connectivity index (χ0) is 13.5. The second-order valence-corrected chi connectivity index (χ2v) is 4.98. The van der Waals surface area contributed by atoms with Gasteiger partial charge in [-0.25, -0.2) is 0 Å². The fraction of sp³-hybridized carbons (Fsp3) is 0.500. The molecule has 0 saturated heterocycles. The summed E-state index contributed by atoms with van der Waals surface area (Å²) in [5, 5.41) is 23.0. The molecule has 0 amide bonds. The van der Waals surface area contributed by atoms with E-state index >= 15 is 0 Å². The molecule has 0 radical (unpaired) electrons. The lowest BCUT2D eigenvalue weighted by Gasteiger charge is -2.18. The Balaban J connectivity index is 2.77. The van der Waals surface area contributed by atoms with Gasteiger partial charge in [0, 0.05) is 35.7 Å². The summed E-state index contributed by atoms with van der Waals surface area (Å²) in [5.74, 6) is 0.886. The first-order chi connectivity index (χ1) is 8.58. The zero-order valence-electron chi connectivity index (χ0n) is 10.5. The minimum absolute atomic E-state index is 0.129. The van der Waals surface area contributed by atoms with Crippen LogP contribution in [0.2, 0.25) is 0 Å². The third kappa shape index (κ3) is 4.19. The number of aliphatic hydroxyl groups is 1. The fourth-order valence-electron chi connectivity index (χ4n) is 1.74. The first kappa shape index (κ1) is 14.8. The smallest absolute Gasteiger partial charge is 0.272 e. The van der Waals surface area contributed by atoms with Gasteiger partial charge in [0.05, 0.1) is 4.92 Å². The summed E-state index contributed by atoms with van der Waals surface area (Å²) >= 11 is 1.70. The maximum atomic E-state index is 10.7. The van der Waals surface area contributed by atoms with Gasteiger partial charge in [0.2, 0.25) is 0 Å². The van der Waals surface area contributed by atoms with Crippen molar-refractivity contribution in [1.82, 2.24) is 0 Å². The van der Waals surface area contributed by atoms with Crippen molar-refractivity contribution in [3.05, 3.63) is 33.9 Å². The molecule has 100 valence electrons. The topological polar surface area (TPSA) is 75.4 Å². The number of hydrogen-bond donors (Lipinski definition) is 2. The first-order valence-corrected chi connectivity index (χ1v) is 7.09. The van der Waals surface area contributed by atoms with Gasteiger partial charge in [-0.15, -0.1) is 0 Å². The van der Waals surface area contributed by atoms with Gasteiger partial charge in [-0.05, 0) is 31.7 Å². The van der Waals surface area contributed by atoms with Gasteiger partial charge in [-0.1, -0.05) is 0 Å². The van der Waals surface area contributed by atoms with Crippen LogP contribution in [0.5, 0.6) is 0 Å². The molecule has 1 aromatic rings. The minimum Gasteiger partial charge on any atom is -0.396 e. The molecule has 1 rings (SSSR count). The Morgan fingerprint density at radius 1 is 1.56 bits per heavy atom. The third-order valence-electron chi connectivity index (χ3n) is 2.61. The zero-order valence-corrected chi connectivity index (χ0v) is 11.4. The second kappa shape index (κ2) is 7.23. The van der Waals surface area contributed by atoms with Gasteiger partial charge in [-0.3, -0.25) is 10.1 Å². The van der Waals surface area contributed by atoms with Crippen molar-refractivity contribution in [3.63, 3.8) is 0 Å². The van der Waals surface area contributed by atoms with Gasteiger partial charge < -0.3 is 10.4 Å². The number of benzene rings is 1. The molecule has 0 aromatic heterocycles. The highest BCUT2D eigenvalue weighted by Crippen LogP contribution is 2.22. The Kier molecular flexibility index (Phi) is 5.94. The van der Waals surface area contributed by atoms with Crippen LogP contribution in [0.25, 0.3) is 0 Å². The summed E-state index contributed by atoms with van der Waals surface area (Å²) < 4.78 is 0. The van der Waals surface area contributed by atoms with Gasteiger partial charge >= 0.3 is 0 Å². The van der Waals surface area contributed by atoms with Crippen molar-refractivity contribution in [2.45, 2.75) is 19.4 Å². The number of aryl methyl sites for hydroxylation is 1. The summed E-state index contributed by atoms with van der Waals surface area (Å²) in [4.78, 5) is 10.3. The predicted molar refractivity (Wildman–Crippen MR) is 75.3 cm³/mol. The highest BCUT2D eigenvalue weighted by Gasteiger charge is 2.12. The maximum Gasteiger partial charge on any atom is 0.272 e. The average molecular weight is 270 g/mol. The molecule has 2 N–H and O–H groups in total. The largest absolute Gasteiger partial charge is 0.396 e. The van der Waals surface area contributed by atoms with Crippen molar-refractivity contribution in [2.75, 3.05) is 23.9 Å². The van der Waals surface area contributed by atoms with Crippen molar-refractivity contribution in [3.8, 4) is 0 Å². The lowest BCUT2D eigenvalue weighted by molar-refractivity contribution is -0.385. The van der Waals surface area contributed by atoms with Gasteiger partial charge in [0.25, 0.3) is 5.69 Å². The second-order valence-electron chi connectivity index (χ2n) is 4.07. The summed E-state index contributed by atoms with van der Waals surface area (Å²) in [5.41, 5.74) is 1.62. The van der Waals surface area contributed by atoms with E-state index in [1.54, 1.807) is 30.8 Å². The number of anilines is 1. The standard InChI is InChI=1S/C12H18N2O3S/c1-9-7-10(3-4-12(9)14(16)17)13-11(5-6-15)8-18-2/h3-4,7,11,13,15H,5-6,8H2,1-2H3/t11-/m0/s1. The number of nitro groups is 1. The monoisotopic (exact) mass is 270 g/mol. The van der Waals surface area contributed by atoms with E-state index in [9.17, 15) is 10.1 Å². The van der Waals surface area contributed by atoms with Crippen LogP contribution >= 0.6 is 11.8 Å². The molecule has 6 heteroatoms. The highest BCUT2D eigenvalue weighted by atomic mass is 32.2. The van der Waals surface area contributed by atoms with E-state index in [0.717, 1.165) is 11.4 Å². The number of nitrogens with zero attached hydrogens (tertiary/aromatic N) is 1. The molecule has 0 aliphatic rings. The highest BCUT2D eigenvalue weighted by molar-refractivity contribution is 7.98. The molecule has 0 aliphatic heterocycles. The van der Waals surface area contributed by atoms with Crippen molar-refractivity contribution in [2.24, 2.45) is 0 Å². The van der Waals surface area contributed by atoms with Crippen LogP contribution in [0, 0.1) is 17.0 Å². The molecule has 0 bridgehead atoms. The summed E-state index contributed by atoms with van der Waals surface area (Å²) in [7, 11) is 0. The maximum absolute atomic E-state index is 10.7. The Labute approximate surface area is 111 Å². The molecule has 18 heavy (non-hydrogen) atoms. The molecular weight excluding hydrogens is 252 g/mol. The van der Waals surface area contributed by atoms with E-state index in [2.05, 4.69) is 5.32 Å². The SMILES string of the molecule is CSC[C@H](CCO)Nc1ccc([N+](=O)[O-])c(C)c1. The van der Waals surface area contributed by atoms with Crippen molar-refractivity contribution in [1.29, 1.82) is 0 Å². The van der Waals surface area contributed by atoms with E-state index in [1.165, 1.54) is 6.07 Å². The Morgan fingerprint density at radius 2 is 2.28 bits per heavy atom. The molecular formula is C12H18N2O3S. The quantitative estimate of drug-likeness (QED) is 0.588. The van der Waals surface area contributed by atoms with Gasteiger partial charge in [-0.2, -0.15) is 11.8 Å². The van der Waals surface area contributed by atoms with E-state index in [-0.39, 0.29) is 23.3 Å². The number of thioether (sulfide) groups is 1. The molecule has 0 saturated carbocycles. The van der Waals surface area contributed by atoms with E-state index in [0.29, 0.717) is 12.0 Å². The summed E-state index contributed by atoms with van der Waals surface area (Å²) in [6.07, 6.45) is 2.67. The van der Waals surface area contributed by atoms with Crippen LogP contribution in [-0.4, -0.2) is 34.7 Å². The summed E-state index contributed by atoms with van der Waals surface area (Å²) in [6, 6.07) is 5.15. The van der Waals surface area contributed by atoms with Crippen LogP contribution in [0.1, 0.15) is 12.0 Å². The number of rotatable bonds is 7. The third-order valence-corrected chi connectivity index (χ3v) is 3.35. The predicted octanol–water partition coefficient (Wildman–Crippen LogP) is 2.43. The molecule has 0 unspecified atom stereocenters. The minimum atomic E-state index is -0.383. The van der Waals surface area contributed by atoms with E-state index in [4.69, 9.17) is 5.11 Å². The van der Waals surface area contributed by atoms with E-state index in [1.807, 2.05) is 6.26 Å². The lowest BCUT2D eigenvalue weighted by Crippen LogP contribution is -2.23. The molecule has 0 heterocycles. The Morgan fingerprint density at radius 3 is 2.78 bits per heavy atom. The van der Waals surface area contributed by atoms with Crippen LogP contribution in [0.3, 0.4) is 0 Å². The number of aliphatic hydroxyl groups excluding tert-OH is 1. The number of nitrogens with one attached hydrogen (secondary N) is 1. The normalized spacial score (nSPS) is 12.2. The van der Waals surface area contributed by atoms with Gasteiger partial charge in [0.15, 0.2) is 0 Å². The molecule has 0 aliphatic carbocycles. The average Bonchev–Trinajstić information content (AvgIpc) is 2.29. The Hall–Kier alpha value is -1.27. The number of nitro benzene ring substituents is 1.